The lowest BCUT2D eigenvalue weighted by Gasteiger charge is -2.30. The largest absolute Gasteiger partial charge is 0.382 e. The first-order valence-corrected chi connectivity index (χ1v) is 6.57. The van der Waals surface area contributed by atoms with E-state index < -0.39 is 0 Å². The van der Waals surface area contributed by atoms with Crippen molar-refractivity contribution < 1.29 is 9.47 Å². The summed E-state index contributed by atoms with van der Waals surface area (Å²) in [6.45, 7) is 3.95. The second-order valence-corrected chi connectivity index (χ2v) is 5.13. The van der Waals surface area contributed by atoms with Crippen LogP contribution >= 0.6 is 0 Å². The van der Waals surface area contributed by atoms with Gasteiger partial charge < -0.3 is 14.8 Å². The molecule has 3 nitrogen and oxygen atoms in total. The molecule has 1 aliphatic rings. The Balaban J connectivity index is 2.35. The van der Waals surface area contributed by atoms with E-state index in [-0.39, 0.29) is 11.6 Å². The smallest absolute Gasteiger partial charge is 0.106 e. The lowest BCUT2D eigenvalue weighted by Crippen LogP contribution is -2.35. The number of benzene rings is 1. The molecule has 1 aromatic carbocycles. The normalized spacial score (nSPS) is 25.3. The molecule has 1 aromatic rings. The predicted molar refractivity (Wildman–Crippen MR) is 72.7 cm³/mol. The average Bonchev–Trinajstić information content (AvgIpc) is 2.84. The van der Waals surface area contributed by atoms with Gasteiger partial charge in [-0.05, 0) is 37.4 Å². The van der Waals surface area contributed by atoms with Crippen LogP contribution in [0.15, 0.2) is 24.3 Å². The Kier molecular flexibility index (Phi) is 4.38. The number of hydrogen-bond acceptors (Lipinski definition) is 3. The highest BCUT2D eigenvalue weighted by Gasteiger charge is 2.33. The van der Waals surface area contributed by atoms with Gasteiger partial charge in [0.1, 0.15) is 6.10 Å². The number of hydrogen-bond donors (Lipinski definition) is 1. The molecule has 1 aliphatic heterocycles. The maximum atomic E-state index is 5.57. The van der Waals surface area contributed by atoms with E-state index in [4.69, 9.17) is 9.47 Å². The van der Waals surface area contributed by atoms with Gasteiger partial charge in [-0.2, -0.15) is 0 Å². The van der Waals surface area contributed by atoms with E-state index >= 15 is 0 Å². The number of nitrogens with one attached hydrogen (secondary N) is 1. The molecule has 0 bridgehead atoms. The molecule has 0 spiro atoms. The van der Waals surface area contributed by atoms with Gasteiger partial charge in [0.25, 0.3) is 0 Å². The zero-order chi connectivity index (χ0) is 13.0. The van der Waals surface area contributed by atoms with Crippen molar-refractivity contribution in [2.75, 3.05) is 27.4 Å². The van der Waals surface area contributed by atoms with Gasteiger partial charge in [-0.1, -0.05) is 24.3 Å². The molecule has 0 saturated carbocycles. The highest BCUT2D eigenvalue weighted by molar-refractivity contribution is 5.36. The van der Waals surface area contributed by atoms with E-state index in [9.17, 15) is 0 Å². The van der Waals surface area contributed by atoms with E-state index in [1.54, 1.807) is 14.2 Å². The standard InChI is InChI=1S/C15H23NO2/c1-15(9-6-10-16-15)13-8-5-4-7-12(13)14(18-3)11-17-2/h4-5,7-8,14,16H,6,9-11H2,1-3H3. The van der Waals surface area contributed by atoms with Crippen LogP contribution in [0.2, 0.25) is 0 Å². The highest BCUT2D eigenvalue weighted by atomic mass is 16.5. The maximum Gasteiger partial charge on any atom is 0.106 e. The molecule has 100 valence electrons. The summed E-state index contributed by atoms with van der Waals surface area (Å²) in [7, 11) is 3.45. The molecular weight excluding hydrogens is 226 g/mol. The summed E-state index contributed by atoms with van der Waals surface area (Å²) in [6.07, 6.45) is 2.41. The summed E-state index contributed by atoms with van der Waals surface area (Å²) in [5.74, 6) is 0. The third-order valence-electron chi connectivity index (χ3n) is 3.87. The quantitative estimate of drug-likeness (QED) is 0.870. The second-order valence-electron chi connectivity index (χ2n) is 5.13. The Hall–Kier alpha value is -0.900. The minimum Gasteiger partial charge on any atom is -0.382 e. The molecule has 1 heterocycles. The molecule has 18 heavy (non-hydrogen) atoms. The third-order valence-corrected chi connectivity index (χ3v) is 3.87. The number of methoxy groups -OCH3 is 2. The SMILES string of the molecule is COCC(OC)c1ccccc1C1(C)CCCN1. The molecule has 0 amide bonds. The molecule has 0 aromatic heterocycles. The first-order chi connectivity index (χ1) is 8.71. The Morgan fingerprint density at radius 1 is 1.33 bits per heavy atom. The van der Waals surface area contributed by atoms with Crippen LogP contribution in [-0.2, 0) is 15.0 Å². The molecule has 1 fully saturated rings. The topological polar surface area (TPSA) is 30.5 Å². The minimum absolute atomic E-state index is 0.00502. The van der Waals surface area contributed by atoms with Crippen LogP contribution in [0.5, 0.6) is 0 Å². The lowest BCUT2D eigenvalue weighted by molar-refractivity contribution is 0.0262. The van der Waals surface area contributed by atoms with Gasteiger partial charge in [-0.25, -0.2) is 0 Å². The summed E-state index contributed by atoms with van der Waals surface area (Å²) in [5, 5.41) is 3.61. The van der Waals surface area contributed by atoms with E-state index in [0.29, 0.717) is 6.61 Å². The Bertz CT molecular complexity index is 386. The minimum atomic E-state index is 0.00502. The second kappa shape index (κ2) is 5.83. The molecule has 1 saturated heterocycles. The molecule has 2 rings (SSSR count). The summed E-state index contributed by atoms with van der Waals surface area (Å²) in [5.41, 5.74) is 2.64. The van der Waals surface area contributed by atoms with Crippen LogP contribution in [0, 0.1) is 0 Å². The Labute approximate surface area is 109 Å². The fourth-order valence-electron chi connectivity index (χ4n) is 2.84. The average molecular weight is 249 g/mol. The zero-order valence-corrected chi connectivity index (χ0v) is 11.5. The summed E-state index contributed by atoms with van der Waals surface area (Å²) in [6, 6.07) is 8.52. The fourth-order valence-corrected chi connectivity index (χ4v) is 2.84. The summed E-state index contributed by atoms with van der Waals surface area (Å²) >= 11 is 0. The van der Waals surface area contributed by atoms with Crippen molar-refractivity contribution in [3.05, 3.63) is 35.4 Å². The van der Waals surface area contributed by atoms with Crippen LogP contribution in [0.1, 0.15) is 37.0 Å². The van der Waals surface area contributed by atoms with Crippen LogP contribution in [0.4, 0.5) is 0 Å². The Morgan fingerprint density at radius 3 is 2.72 bits per heavy atom. The van der Waals surface area contributed by atoms with E-state index in [0.717, 1.165) is 6.54 Å². The molecule has 2 unspecified atom stereocenters. The Morgan fingerprint density at radius 2 is 2.11 bits per heavy atom. The van der Waals surface area contributed by atoms with Crippen LogP contribution in [0.3, 0.4) is 0 Å². The van der Waals surface area contributed by atoms with Crippen LogP contribution < -0.4 is 5.32 Å². The fraction of sp³-hybridized carbons (Fsp3) is 0.600. The van der Waals surface area contributed by atoms with Crippen molar-refractivity contribution >= 4 is 0 Å². The summed E-state index contributed by atoms with van der Waals surface area (Å²) < 4.78 is 10.8. The van der Waals surface area contributed by atoms with Gasteiger partial charge in [-0.15, -0.1) is 0 Å². The molecule has 3 heteroatoms. The van der Waals surface area contributed by atoms with Crippen molar-refractivity contribution in [1.29, 1.82) is 0 Å². The monoisotopic (exact) mass is 249 g/mol. The van der Waals surface area contributed by atoms with Gasteiger partial charge in [-0.3, -0.25) is 0 Å². The third kappa shape index (κ3) is 2.58. The van der Waals surface area contributed by atoms with Crippen LogP contribution in [-0.4, -0.2) is 27.4 Å². The van der Waals surface area contributed by atoms with Crippen LogP contribution in [0.25, 0.3) is 0 Å². The molecule has 1 N–H and O–H groups in total. The van der Waals surface area contributed by atoms with Crippen molar-refractivity contribution in [3.8, 4) is 0 Å². The van der Waals surface area contributed by atoms with Crippen molar-refractivity contribution in [2.24, 2.45) is 0 Å². The van der Waals surface area contributed by atoms with Gasteiger partial charge in [0.05, 0.1) is 6.61 Å². The van der Waals surface area contributed by atoms with Gasteiger partial charge in [0, 0.05) is 19.8 Å². The van der Waals surface area contributed by atoms with Gasteiger partial charge in [0.15, 0.2) is 0 Å². The van der Waals surface area contributed by atoms with Crippen molar-refractivity contribution in [1.82, 2.24) is 5.32 Å². The predicted octanol–water partition coefficient (Wildman–Crippen LogP) is 2.62. The van der Waals surface area contributed by atoms with Gasteiger partial charge in [0.2, 0.25) is 0 Å². The van der Waals surface area contributed by atoms with Gasteiger partial charge >= 0.3 is 0 Å². The lowest BCUT2D eigenvalue weighted by atomic mass is 9.85. The van der Waals surface area contributed by atoms with E-state index in [1.807, 2.05) is 0 Å². The van der Waals surface area contributed by atoms with Crippen molar-refractivity contribution in [3.63, 3.8) is 0 Å². The first-order valence-electron chi connectivity index (χ1n) is 6.57. The maximum absolute atomic E-state index is 5.57. The zero-order valence-electron chi connectivity index (χ0n) is 11.5. The summed E-state index contributed by atoms with van der Waals surface area (Å²) in [4.78, 5) is 0. The molecular formula is C15H23NO2. The molecule has 2 atom stereocenters. The highest BCUT2D eigenvalue weighted by Crippen LogP contribution is 2.35. The first kappa shape index (κ1) is 13.5. The van der Waals surface area contributed by atoms with E-state index in [1.165, 1.54) is 24.0 Å². The molecule has 0 aliphatic carbocycles. The number of rotatable bonds is 5. The number of ether oxygens (including phenoxy) is 2. The van der Waals surface area contributed by atoms with Crippen molar-refractivity contribution in [2.45, 2.75) is 31.4 Å². The molecule has 0 radical (unpaired) electrons. The van der Waals surface area contributed by atoms with E-state index in [2.05, 4.69) is 36.5 Å².